The van der Waals surface area contributed by atoms with E-state index in [4.69, 9.17) is 0 Å². The van der Waals surface area contributed by atoms with Crippen LogP contribution in [-0.2, 0) is 20.8 Å². The fourth-order valence-corrected chi connectivity index (χ4v) is 4.02. The molecule has 5 amide bonds. The first kappa shape index (κ1) is 21.8. The maximum absolute atomic E-state index is 12.8. The van der Waals surface area contributed by atoms with E-state index in [1.807, 2.05) is 13.8 Å². The summed E-state index contributed by atoms with van der Waals surface area (Å²) in [6, 6.07) is 6.51. The van der Waals surface area contributed by atoms with Crippen LogP contribution in [0.2, 0.25) is 0 Å². The van der Waals surface area contributed by atoms with Crippen LogP contribution in [0.4, 0.5) is 10.5 Å². The Balaban J connectivity index is 1.55. The van der Waals surface area contributed by atoms with Crippen molar-refractivity contribution < 1.29 is 19.2 Å². The third-order valence-electron chi connectivity index (χ3n) is 5.73. The molecule has 1 heterocycles. The maximum Gasteiger partial charge on any atom is 0.325 e. The van der Waals surface area contributed by atoms with Gasteiger partial charge in [-0.2, -0.15) is 0 Å². The van der Waals surface area contributed by atoms with Crippen molar-refractivity contribution in [2.45, 2.75) is 64.5 Å². The first-order valence-electron chi connectivity index (χ1n) is 10.5. The zero-order valence-corrected chi connectivity index (χ0v) is 17.8. The summed E-state index contributed by atoms with van der Waals surface area (Å²) in [6.45, 7) is 5.62. The summed E-state index contributed by atoms with van der Waals surface area (Å²) in [5.74, 6) is -0.269. The minimum Gasteiger partial charge on any atom is -0.354 e. The Kier molecular flexibility index (Phi) is 6.43. The SMILES string of the molecule is CC1CCC2(CC1)NC(=O)N(CC(=O)Nc1ccc(CC(=O)NC(C)C)cc1)C2=O. The van der Waals surface area contributed by atoms with Crippen molar-refractivity contribution in [3.63, 3.8) is 0 Å². The molecule has 0 bridgehead atoms. The highest BCUT2D eigenvalue weighted by Gasteiger charge is 2.52. The molecule has 8 nitrogen and oxygen atoms in total. The number of imide groups is 1. The summed E-state index contributed by atoms with van der Waals surface area (Å²) >= 11 is 0. The van der Waals surface area contributed by atoms with Crippen molar-refractivity contribution in [3.05, 3.63) is 29.8 Å². The zero-order valence-electron chi connectivity index (χ0n) is 17.8. The van der Waals surface area contributed by atoms with Crippen LogP contribution in [-0.4, -0.2) is 46.8 Å². The van der Waals surface area contributed by atoms with E-state index in [0.29, 0.717) is 24.4 Å². The molecule has 0 atom stereocenters. The quantitative estimate of drug-likeness (QED) is 0.620. The van der Waals surface area contributed by atoms with Gasteiger partial charge in [-0.3, -0.25) is 19.3 Å². The van der Waals surface area contributed by atoms with E-state index in [2.05, 4.69) is 22.9 Å². The van der Waals surface area contributed by atoms with E-state index < -0.39 is 17.5 Å². The van der Waals surface area contributed by atoms with Crippen LogP contribution in [0.25, 0.3) is 0 Å². The van der Waals surface area contributed by atoms with Gasteiger partial charge >= 0.3 is 6.03 Å². The molecule has 1 saturated carbocycles. The Morgan fingerprint density at radius 3 is 2.37 bits per heavy atom. The zero-order chi connectivity index (χ0) is 21.9. The molecule has 3 N–H and O–H groups in total. The molecule has 0 aromatic heterocycles. The molecule has 0 unspecified atom stereocenters. The van der Waals surface area contributed by atoms with Crippen LogP contribution >= 0.6 is 0 Å². The van der Waals surface area contributed by atoms with Gasteiger partial charge in [-0.1, -0.05) is 19.1 Å². The topological polar surface area (TPSA) is 108 Å². The minimum atomic E-state index is -0.845. The normalized spacial score (nSPS) is 23.6. The Hall–Kier alpha value is -2.90. The number of hydrogen-bond acceptors (Lipinski definition) is 4. The second kappa shape index (κ2) is 8.85. The fourth-order valence-electron chi connectivity index (χ4n) is 4.02. The molecule has 1 spiro atoms. The molecule has 1 aromatic rings. The van der Waals surface area contributed by atoms with Crippen LogP contribution in [0.1, 0.15) is 52.0 Å². The summed E-state index contributed by atoms with van der Waals surface area (Å²) in [7, 11) is 0. The molecule has 3 rings (SSSR count). The van der Waals surface area contributed by atoms with E-state index in [9.17, 15) is 19.2 Å². The molecular weight excluding hydrogens is 384 g/mol. The van der Waals surface area contributed by atoms with Crippen LogP contribution in [0.3, 0.4) is 0 Å². The first-order valence-corrected chi connectivity index (χ1v) is 10.5. The fraction of sp³-hybridized carbons (Fsp3) is 0.545. The molecule has 30 heavy (non-hydrogen) atoms. The average molecular weight is 415 g/mol. The van der Waals surface area contributed by atoms with Gasteiger partial charge in [0.15, 0.2) is 0 Å². The summed E-state index contributed by atoms with van der Waals surface area (Å²) in [5, 5.41) is 8.35. The van der Waals surface area contributed by atoms with Crippen LogP contribution < -0.4 is 16.0 Å². The summed E-state index contributed by atoms with van der Waals surface area (Å²) in [4.78, 5) is 50.4. The van der Waals surface area contributed by atoms with E-state index in [1.165, 1.54) is 0 Å². The number of nitrogens with zero attached hydrogens (tertiary/aromatic N) is 1. The van der Waals surface area contributed by atoms with E-state index in [-0.39, 0.29) is 30.8 Å². The summed E-state index contributed by atoms with van der Waals surface area (Å²) in [5.41, 5.74) is 0.525. The van der Waals surface area contributed by atoms with Crippen LogP contribution in [0, 0.1) is 5.92 Å². The highest BCUT2D eigenvalue weighted by Crippen LogP contribution is 2.36. The highest BCUT2D eigenvalue weighted by atomic mass is 16.2. The predicted molar refractivity (Wildman–Crippen MR) is 113 cm³/mol. The average Bonchev–Trinajstić information content (AvgIpc) is 2.89. The van der Waals surface area contributed by atoms with Gasteiger partial charge in [-0.25, -0.2) is 4.79 Å². The predicted octanol–water partition coefficient (Wildman–Crippen LogP) is 2.19. The van der Waals surface area contributed by atoms with Gasteiger partial charge in [0.05, 0.1) is 6.42 Å². The molecule has 0 radical (unpaired) electrons. The van der Waals surface area contributed by atoms with Crippen molar-refractivity contribution in [1.29, 1.82) is 0 Å². The molecule has 1 saturated heterocycles. The van der Waals surface area contributed by atoms with Gasteiger partial charge in [0.1, 0.15) is 12.1 Å². The number of nitrogens with one attached hydrogen (secondary N) is 3. The second-order valence-electron chi connectivity index (χ2n) is 8.73. The third-order valence-corrected chi connectivity index (χ3v) is 5.73. The number of carbonyl (C=O) groups excluding carboxylic acids is 4. The largest absolute Gasteiger partial charge is 0.354 e. The number of carbonyl (C=O) groups is 4. The lowest BCUT2D eigenvalue weighted by Crippen LogP contribution is -2.49. The van der Waals surface area contributed by atoms with E-state index >= 15 is 0 Å². The number of rotatable bonds is 6. The molecule has 1 aliphatic carbocycles. The molecule has 1 aromatic carbocycles. The number of hydrogen-bond donors (Lipinski definition) is 3. The van der Waals surface area contributed by atoms with Gasteiger partial charge in [0.2, 0.25) is 11.8 Å². The Bertz CT molecular complexity index is 826. The summed E-state index contributed by atoms with van der Waals surface area (Å²) < 4.78 is 0. The molecule has 2 aliphatic rings. The van der Waals surface area contributed by atoms with E-state index in [1.54, 1.807) is 24.3 Å². The van der Waals surface area contributed by atoms with Crippen molar-refractivity contribution in [1.82, 2.24) is 15.5 Å². The molecule has 1 aliphatic heterocycles. The smallest absolute Gasteiger partial charge is 0.325 e. The van der Waals surface area contributed by atoms with Crippen LogP contribution in [0.15, 0.2) is 24.3 Å². The van der Waals surface area contributed by atoms with Crippen molar-refractivity contribution >= 4 is 29.4 Å². The van der Waals surface area contributed by atoms with Gasteiger partial charge in [-0.05, 0) is 63.1 Å². The monoisotopic (exact) mass is 414 g/mol. The standard InChI is InChI=1S/C22H30N4O4/c1-14(2)23-18(27)12-16-4-6-17(7-5-16)24-19(28)13-26-20(29)22(25-21(26)30)10-8-15(3)9-11-22/h4-7,14-15H,8-13H2,1-3H3,(H,23,27)(H,24,28)(H,25,30). The summed E-state index contributed by atoms with van der Waals surface area (Å²) in [6.07, 6.45) is 3.25. The number of benzene rings is 1. The van der Waals surface area contributed by atoms with Crippen LogP contribution in [0.5, 0.6) is 0 Å². The molecular formula is C22H30N4O4. The van der Waals surface area contributed by atoms with Crippen molar-refractivity contribution in [3.8, 4) is 0 Å². The number of amides is 5. The third kappa shape index (κ3) is 4.98. The second-order valence-corrected chi connectivity index (χ2v) is 8.73. The highest BCUT2D eigenvalue weighted by molar-refractivity contribution is 6.10. The molecule has 2 fully saturated rings. The lowest BCUT2D eigenvalue weighted by molar-refractivity contribution is -0.135. The number of anilines is 1. The van der Waals surface area contributed by atoms with Gasteiger partial charge in [-0.15, -0.1) is 0 Å². The maximum atomic E-state index is 12.8. The lowest BCUT2D eigenvalue weighted by Gasteiger charge is -2.33. The van der Waals surface area contributed by atoms with Crippen molar-refractivity contribution in [2.75, 3.05) is 11.9 Å². The Labute approximate surface area is 176 Å². The Morgan fingerprint density at radius 2 is 1.77 bits per heavy atom. The Morgan fingerprint density at radius 1 is 1.13 bits per heavy atom. The van der Waals surface area contributed by atoms with E-state index in [0.717, 1.165) is 23.3 Å². The lowest BCUT2D eigenvalue weighted by atomic mass is 9.77. The van der Waals surface area contributed by atoms with Gasteiger partial charge in [0.25, 0.3) is 5.91 Å². The molecule has 8 heteroatoms. The van der Waals surface area contributed by atoms with Gasteiger partial charge in [0, 0.05) is 11.7 Å². The minimum absolute atomic E-state index is 0.0635. The first-order chi connectivity index (χ1) is 14.2. The van der Waals surface area contributed by atoms with Crippen molar-refractivity contribution in [2.24, 2.45) is 5.92 Å². The molecule has 162 valence electrons. The number of urea groups is 1. The van der Waals surface area contributed by atoms with Gasteiger partial charge < -0.3 is 16.0 Å².